The number of hydrogen-bond acceptors (Lipinski definition) is 7. The SMILES string of the molecule is C=CC(=O)N1CCN(c2c(C#N)c(=O)n(-c3c(C)ccnc3C(C)C)c3nc(-c4c(F)c(F)c(F)c(N)c4Cl)c(Cl)cc23)C(C)C1. The number of rotatable bonds is 5. The van der Waals surface area contributed by atoms with Gasteiger partial charge in [0.15, 0.2) is 17.5 Å². The number of piperazine rings is 1. The highest BCUT2D eigenvalue weighted by molar-refractivity contribution is 6.38. The van der Waals surface area contributed by atoms with Crippen LogP contribution in [-0.4, -0.2) is 51.0 Å². The van der Waals surface area contributed by atoms with Crippen molar-refractivity contribution in [2.24, 2.45) is 0 Å². The second kappa shape index (κ2) is 12.3. The summed E-state index contributed by atoms with van der Waals surface area (Å²) < 4.78 is 45.5. The summed E-state index contributed by atoms with van der Waals surface area (Å²) in [5.74, 6) is -5.68. The Balaban J connectivity index is 1.95. The lowest BCUT2D eigenvalue weighted by Crippen LogP contribution is -2.54. The van der Waals surface area contributed by atoms with E-state index in [1.807, 2.05) is 20.8 Å². The molecule has 1 aromatic carbocycles. The number of nitrogen functional groups attached to an aromatic ring is 1. The quantitative estimate of drug-likeness (QED) is 0.115. The number of aryl methyl sites for hydroxylation is 1. The Bertz CT molecular complexity index is 2030. The molecule has 1 unspecified atom stereocenters. The van der Waals surface area contributed by atoms with Gasteiger partial charge in [0.05, 0.1) is 44.1 Å². The number of carbonyl (C=O) groups is 1. The van der Waals surface area contributed by atoms with Crippen molar-refractivity contribution in [3.63, 3.8) is 0 Å². The topological polar surface area (TPSA) is 121 Å². The van der Waals surface area contributed by atoms with Crippen molar-refractivity contribution in [3.8, 4) is 23.0 Å². The molecular weight excluding hydrogens is 642 g/mol. The van der Waals surface area contributed by atoms with Crippen molar-refractivity contribution >= 4 is 51.5 Å². The molecule has 0 bridgehead atoms. The minimum Gasteiger partial charge on any atom is -0.395 e. The summed E-state index contributed by atoms with van der Waals surface area (Å²) in [5, 5.41) is 9.76. The number of nitrogens with two attached hydrogens (primary N) is 1. The zero-order valence-corrected chi connectivity index (χ0v) is 26.8. The Morgan fingerprint density at radius 1 is 1.20 bits per heavy atom. The molecule has 1 amide bonds. The number of fused-ring (bicyclic) bond motifs is 1. The average molecular weight is 671 g/mol. The largest absolute Gasteiger partial charge is 0.395 e. The van der Waals surface area contributed by atoms with Crippen LogP contribution in [0.4, 0.5) is 24.5 Å². The smallest absolute Gasteiger partial charge is 0.276 e. The van der Waals surface area contributed by atoms with Crippen molar-refractivity contribution in [2.45, 2.75) is 39.7 Å². The fourth-order valence-electron chi connectivity index (χ4n) is 5.81. The molecule has 4 aromatic rings. The number of pyridine rings is 3. The van der Waals surface area contributed by atoms with Gasteiger partial charge in [0, 0.05) is 37.3 Å². The van der Waals surface area contributed by atoms with Crippen molar-refractivity contribution in [1.29, 1.82) is 5.26 Å². The lowest BCUT2D eigenvalue weighted by molar-refractivity contribution is -0.126. The second-order valence-electron chi connectivity index (χ2n) is 11.3. The summed E-state index contributed by atoms with van der Waals surface area (Å²) in [6.07, 6.45) is 2.80. The number of anilines is 2. The van der Waals surface area contributed by atoms with Crippen molar-refractivity contribution in [3.05, 3.63) is 85.7 Å². The molecule has 3 aromatic heterocycles. The molecular formula is C32H28Cl2F3N7O2. The van der Waals surface area contributed by atoms with Crippen LogP contribution in [0.5, 0.6) is 0 Å². The van der Waals surface area contributed by atoms with E-state index in [2.05, 4.69) is 22.6 Å². The van der Waals surface area contributed by atoms with Crippen LogP contribution in [0.3, 0.4) is 0 Å². The molecule has 14 heteroatoms. The number of carbonyl (C=O) groups excluding carboxylic acids is 1. The van der Waals surface area contributed by atoms with Crippen LogP contribution in [0.15, 0.2) is 35.8 Å². The fraction of sp³-hybridized carbons (Fsp3) is 0.281. The van der Waals surface area contributed by atoms with Crippen LogP contribution in [0.2, 0.25) is 10.0 Å². The molecule has 0 aliphatic carbocycles. The monoisotopic (exact) mass is 669 g/mol. The first kappa shape index (κ1) is 32.8. The maximum atomic E-state index is 15.4. The first-order valence-corrected chi connectivity index (χ1v) is 15.0. The van der Waals surface area contributed by atoms with Crippen LogP contribution in [0.1, 0.15) is 43.5 Å². The lowest BCUT2D eigenvalue weighted by atomic mass is 10.0. The van der Waals surface area contributed by atoms with Crippen LogP contribution in [-0.2, 0) is 4.79 Å². The van der Waals surface area contributed by atoms with E-state index in [0.717, 1.165) is 0 Å². The normalized spacial score (nSPS) is 15.0. The zero-order valence-electron chi connectivity index (χ0n) is 25.3. The van der Waals surface area contributed by atoms with Crippen LogP contribution in [0, 0.1) is 35.7 Å². The van der Waals surface area contributed by atoms with E-state index >= 15 is 4.39 Å². The van der Waals surface area contributed by atoms with Gasteiger partial charge in [-0.3, -0.25) is 19.1 Å². The van der Waals surface area contributed by atoms with Crippen molar-refractivity contribution in [1.82, 2.24) is 19.4 Å². The van der Waals surface area contributed by atoms with Gasteiger partial charge >= 0.3 is 0 Å². The van der Waals surface area contributed by atoms with E-state index in [-0.39, 0.29) is 64.8 Å². The van der Waals surface area contributed by atoms with Crippen LogP contribution in [0.25, 0.3) is 28.0 Å². The third-order valence-electron chi connectivity index (χ3n) is 8.05. The maximum absolute atomic E-state index is 15.4. The molecule has 1 fully saturated rings. The van der Waals surface area contributed by atoms with E-state index in [0.29, 0.717) is 16.9 Å². The number of nitriles is 1. The van der Waals surface area contributed by atoms with Gasteiger partial charge in [-0.15, -0.1) is 0 Å². The number of halogens is 5. The van der Waals surface area contributed by atoms with E-state index in [1.54, 1.807) is 29.0 Å². The molecule has 4 heterocycles. The minimum atomic E-state index is -1.88. The third-order valence-corrected chi connectivity index (χ3v) is 8.73. The predicted molar refractivity (Wildman–Crippen MR) is 172 cm³/mol. The summed E-state index contributed by atoms with van der Waals surface area (Å²) in [4.78, 5) is 39.3. The van der Waals surface area contributed by atoms with Crippen molar-refractivity contribution < 1.29 is 18.0 Å². The summed E-state index contributed by atoms with van der Waals surface area (Å²) in [6, 6.07) is 4.72. The fourth-order valence-corrected chi connectivity index (χ4v) is 6.31. The number of amides is 1. The minimum absolute atomic E-state index is 0.0769. The lowest BCUT2D eigenvalue weighted by Gasteiger charge is -2.41. The number of nitrogens with zero attached hydrogens (tertiary/aromatic N) is 6. The highest BCUT2D eigenvalue weighted by Crippen LogP contribution is 2.43. The van der Waals surface area contributed by atoms with Gasteiger partial charge in [-0.1, -0.05) is 43.6 Å². The first-order chi connectivity index (χ1) is 21.7. The standard InChI is InChI=1S/C32H28Cl2F3N7O2/c1-6-20(45)42-9-10-43(16(5)13-42)30-17-11-19(33)28(21-22(34)26(39)25(37)24(36)23(21)35)41-31(17)44(32(46)18(30)12-38)29-15(4)7-8-40-27(29)14(2)3/h6-8,11,14,16H,1,9-10,13,39H2,2-5H3. The molecule has 2 N–H and O–H groups in total. The molecule has 1 atom stereocenters. The van der Waals surface area contributed by atoms with Gasteiger partial charge in [0.25, 0.3) is 5.56 Å². The van der Waals surface area contributed by atoms with Crippen LogP contribution >= 0.6 is 23.2 Å². The molecule has 0 spiro atoms. The summed E-state index contributed by atoms with van der Waals surface area (Å²) in [5.41, 5.74) is 4.29. The molecule has 5 rings (SSSR count). The van der Waals surface area contributed by atoms with E-state index in [9.17, 15) is 23.6 Å². The molecule has 1 saturated heterocycles. The Labute approximate surface area is 272 Å². The first-order valence-electron chi connectivity index (χ1n) is 14.2. The van der Waals surface area contributed by atoms with E-state index in [4.69, 9.17) is 28.9 Å². The Morgan fingerprint density at radius 3 is 2.50 bits per heavy atom. The van der Waals surface area contributed by atoms with Gasteiger partial charge in [0.1, 0.15) is 17.3 Å². The van der Waals surface area contributed by atoms with Gasteiger partial charge in [-0.05, 0) is 43.5 Å². The summed E-state index contributed by atoms with van der Waals surface area (Å²) in [7, 11) is 0. The molecule has 0 saturated carbocycles. The molecule has 9 nitrogen and oxygen atoms in total. The predicted octanol–water partition coefficient (Wildman–Crippen LogP) is 6.28. The molecule has 46 heavy (non-hydrogen) atoms. The third kappa shape index (κ3) is 5.13. The molecule has 0 radical (unpaired) electrons. The number of hydrogen-bond donors (Lipinski definition) is 1. The zero-order chi connectivity index (χ0) is 33.8. The van der Waals surface area contributed by atoms with E-state index < -0.39 is 45.0 Å². The van der Waals surface area contributed by atoms with Crippen molar-refractivity contribution in [2.75, 3.05) is 30.3 Å². The molecule has 1 aliphatic rings. The van der Waals surface area contributed by atoms with Crippen LogP contribution < -0.4 is 16.2 Å². The van der Waals surface area contributed by atoms with E-state index in [1.165, 1.54) is 16.7 Å². The number of aromatic nitrogens is 3. The van der Waals surface area contributed by atoms with Gasteiger partial charge in [-0.2, -0.15) is 5.26 Å². The molecule has 1 aliphatic heterocycles. The van der Waals surface area contributed by atoms with Gasteiger partial charge < -0.3 is 15.5 Å². The number of benzene rings is 1. The highest BCUT2D eigenvalue weighted by atomic mass is 35.5. The van der Waals surface area contributed by atoms with Gasteiger partial charge in [-0.25, -0.2) is 18.2 Å². The molecule has 238 valence electrons. The highest BCUT2D eigenvalue weighted by Gasteiger charge is 2.33. The summed E-state index contributed by atoms with van der Waals surface area (Å²) >= 11 is 12.9. The Morgan fingerprint density at radius 2 is 1.89 bits per heavy atom. The second-order valence-corrected chi connectivity index (χ2v) is 12.0. The Kier molecular flexibility index (Phi) is 8.77. The summed E-state index contributed by atoms with van der Waals surface area (Å²) in [6.45, 7) is 11.6. The average Bonchev–Trinajstić information content (AvgIpc) is 3.03. The van der Waals surface area contributed by atoms with Gasteiger partial charge in [0.2, 0.25) is 5.91 Å². The maximum Gasteiger partial charge on any atom is 0.276 e. The Hall–Kier alpha value is -4.60.